The fourth-order valence-electron chi connectivity index (χ4n) is 4.40. The van der Waals surface area contributed by atoms with Crippen molar-refractivity contribution in [1.29, 1.82) is 0 Å². The minimum absolute atomic E-state index is 0.0822. The summed E-state index contributed by atoms with van der Waals surface area (Å²) in [7, 11) is -3.95. The summed E-state index contributed by atoms with van der Waals surface area (Å²) in [5.74, 6) is -1.39. The number of fused-ring (bicyclic) bond motifs is 1. The summed E-state index contributed by atoms with van der Waals surface area (Å²) < 4.78 is 32.7. The number of sulfonamides is 1. The maximum Gasteiger partial charge on any atom is 0.287 e. The Kier molecular flexibility index (Phi) is 7.98. The van der Waals surface area contributed by atoms with E-state index in [2.05, 4.69) is 15.6 Å². The van der Waals surface area contributed by atoms with E-state index in [1.807, 2.05) is 32.9 Å². The number of aromatic nitrogens is 1. The number of para-hydroxylation sites is 1. The number of carbonyl (C=O) groups is 3. The number of carbonyl (C=O) groups excluding carboxylic acids is 3. The van der Waals surface area contributed by atoms with Crippen LogP contribution in [0.3, 0.4) is 0 Å². The molecule has 38 heavy (non-hydrogen) atoms. The van der Waals surface area contributed by atoms with Crippen molar-refractivity contribution in [2.75, 3.05) is 13.1 Å². The Labute approximate surface area is 221 Å². The number of ketones is 1. The zero-order valence-electron chi connectivity index (χ0n) is 21.6. The van der Waals surface area contributed by atoms with Gasteiger partial charge >= 0.3 is 0 Å². The van der Waals surface area contributed by atoms with E-state index < -0.39 is 39.7 Å². The Balaban J connectivity index is 1.46. The minimum Gasteiger partial charge on any atom is -0.451 e. The van der Waals surface area contributed by atoms with Crippen LogP contribution in [0.25, 0.3) is 11.0 Å². The molecule has 1 saturated heterocycles. The van der Waals surface area contributed by atoms with Gasteiger partial charge in [0.1, 0.15) is 11.6 Å². The molecule has 0 spiro atoms. The molecule has 1 fully saturated rings. The molecule has 0 radical (unpaired) electrons. The smallest absolute Gasteiger partial charge is 0.287 e. The Morgan fingerprint density at radius 3 is 2.58 bits per heavy atom. The minimum atomic E-state index is -3.95. The van der Waals surface area contributed by atoms with E-state index in [-0.39, 0.29) is 35.7 Å². The van der Waals surface area contributed by atoms with Crippen LogP contribution < -0.4 is 10.6 Å². The van der Waals surface area contributed by atoms with Crippen molar-refractivity contribution in [1.82, 2.24) is 19.9 Å². The summed E-state index contributed by atoms with van der Waals surface area (Å²) in [5.41, 5.74) is 0.244. The van der Waals surface area contributed by atoms with Gasteiger partial charge in [-0.05, 0) is 48.9 Å². The normalized spacial score (nSPS) is 18.1. The molecule has 1 aliphatic heterocycles. The summed E-state index contributed by atoms with van der Waals surface area (Å²) in [4.78, 5) is 43.3. The van der Waals surface area contributed by atoms with Crippen molar-refractivity contribution in [3.05, 3.63) is 60.5 Å². The zero-order chi connectivity index (χ0) is 27.5. The Bertz CT molecular complexity index is 1400. The molecule has 2 atom stereocenters. The van der Waals surface area contributed by atoms with Crippen molar-refractivity contribution in [2.24, 2.45) is 5.41 Å². The van der Waals surface area contributed by atoms with E-state index in [4.69, 9.17) is 4.42 Å². The number of pyridine rings is 1. The fraction of sp³-hybridized carbons (Fsp3) is 0.407. The molecule has 2 amide bonds. The van der Waals surface area contributed by atoms with Gasteiger partial charge in [0.05, 0.1) is 12.6 Å². The third kappa shape index (κ3) is 6.46. The van der Waals surface area contributed by atoms with Gasteiger partial charge in [-0.25, -0.2) is 13.4 Å². The van der Waals surface area contributed by atoms with E-state index in [1.165, 1.54) is 12.3 Å². The number of furan rings is 1. The van der Waals surface area contributed by atoms with E-state index in [0.717, 1.165) is 9.69 Å². The second kappa shape index (κ2) is 11.0. The first kappa shape index (κ1) is 27.5. The van der Waals surface area contributed by atoms with Crippen LogP contribution >= 0.6 is 0 Å². The lowest BCUT2D eigenvalue weighted by Gasteiger charge is -2.27. The highest BCUT2D eigenvalue weighted by Gasteiger charge is 2.35. The molecular weight excluding hydrogens is 508 g/mol. The summed E-state index contributed by atoms with van der Waals surface area (Å²) >= 11 is 0. The van der Waals surface area contributed by atoms with Gasteiger partial charge in [-0.15, -0.1) is 0 Å². The molecule has 2 aromatic heterocycles. The van der Waals surface area contributed by atoms with Crippen LogP contribution in [-0.2, 0) is 19.6 Å². The lowest BCUT2D eigenvalue weighted by Crippen LogP contribution is -2.53. The largest absolute Gasteiger partial charge is 0.451 e. The average molecular weight is 541 g/mol. The molecule has 10 nitrogen and oxygen atoms in total. The number of Topliss-reactive ketones (excluding diaryl/α,β-unsaturated/α-hetero) is 1. The maximum absolute atomic E-state index is 13.3. The number of hydrogen-bond donors (Lipinski definition) is 2. The highest BCUT2D eigenvalue weighted by molar-refractivity contribution is 7.89. The van der Waals surface area contributed by atoms with Crippen LogP contribution in [0.4, 0.5) is 0 Å². The lowest BCUT2D eigenvalue weighted by atomic mass is 9.87. The van der Waals surface area contributed by atoms with Crippen LogP contribution in [0.1, 0.15) is 50.6 Å². The molecular formula is C27H32N4O6S. The summed E-state index contributed by atoms with van der Waals surface area (Å²) in [5, 5.41) is 6.15. The van der Waals surface area contributed by atoms with Crippen molar-refractivity contribution < 1.29 is 27.2 Å². The van der Waals surface area contributed by atoms with Crippen LogP contribution in [0.5, 0.6) is 0 Å². The van der Waals surface area contributed by atoms with Gasteiger partial charge in [0.25, 0.3) is 15.9 Å². The lowest BCUT2D eigenvalue weighted by molar-refractivity contribution is -0.129. The first-order valence-electron chi connectivity index (χ1n) is 12.5. The SMILES string of the molecule is CC(C)(C)C[C@H](NC(=O)c1cc2ccccc2o1)C(=O)N[C@H]1CCCN(S(=O)(=O)c2ccccn2)CC1=O. The van der Waals surface area contributed by atoms with Gasteiger partial charge in [0.2, 0.25) is 5.91 Å². The Morgan fingerprint density at radius 1 is 1.16 bits per heavy atom. The second-order valence-corrected chi connectivity index (χ2v) is 12.5. The molecule has 11 heteroatoms. The van der Waals surface area contributed by atoms with E-state index in [0.29, 0.717) is 18.4 Å². The Hall–Kier alpha value is -3.57. The third-order valence-corrected chi connectivity index (χ3v) is 8.03. The summed E-state index contributed by atoms with van der Waals surface area (Å²) in [6.07, 6.45) is 2.34. The van der Waals surface area contributed by atoms with E-state index in [1.54, 1.807) is 30.3 Å². The average Bonchev–Trinajstić information content (AvgIpc) is 3.22. The highest BCUT2D eigenvalue weighted by atomic mass is 32.2. The quantitative estimate of drug-likeness (QED) is 0.470. The first-order chi connectivity index (χ1) is 17.9. The number of benzene rings is 1. The van der Waals surface area contributed by atoms with Gasteiger partial charge in [0, 0.05) is 18.1 Å². The second-order valence-electron chi connectivity index (χ2n) is 10.6. The fourth-order valence-corrected chi connectivity index (χ4v) is 5.78. The van der Waals surface area contributed by atoms with Gasteiger partial charge < -0.3 is 15.1 Å². The highest BCUT2D eigenvalue weighted by Crippen LogP contribution is 2.23. The summed E-state index contributed by atoms with van der Waals surface area (Å²) in [6.45, 7) is 5.58. The van der Waals surface area contributed by atoms with E-state index >= 15 is 0 Å². The van der Waals surface area contributed by atoms with Gasteiger partial charge in [-0.1, -0.05) is 45.0 Å². The van der Waals surface area contributed by atoms with Crippen LogP contribution in [0.15, 0.2) is 64.2 Å². The standard InChI is InChI=1S/C27H32N4O6S/c1-27(2,3)16-20(30-26(34)23-15-18-9-4-5-11-22(18)37-23)25(33)29-19-10-8-14-31(17-21(19)32)38(35,36)24-12-6-7-13-28-24/h4-7,9,11-13,15,19-20H,8,10,14,16-17H2,1-3H3,(H,29,33)(H,30,34)/t19-,20-/m0/s1. The number of hydrogen-bond acceptors (Lipinski definition) is 7. The molecule has 3 heterocycles. The third-order valence-electron chi connectivity index (χ3n) is 6.27. The van der Waals surface area contributed by atoms with Crippen LogP contribution in [-0.4, -0.2) is 60.5 Å². The molecule has 4 rings (SSSR count). The van der Waals surface area contributed by atoms with Gasteiger partial charge in [-0.2, -0.15) is 4.31 Å². The van der Waals surface area contributed by atoms with Crippen molar-refractivity contribution in [3.8, 4) is 0 Å². The predicted molar refractivity (Wildman–Crippen MR) is 141 cm³/mol. The molecule has 0 aliphatic carbocycles. The van der Waals surface area contributed by atoms with Crippen molar-refractivity contribution in [3.63, 3.8) is 0 Å². The zero-order valence-corrected chi connectivity index (χ0v) is 22.5. The monoisotopic (exact) mass is 540 g/mol. The van der Waals surface area contributed by atoms with Crippen LogP contribution in [0.2, 0.25) is 0 Å². The molecule has 0 unspecified atom stereocenters. The van der Waals surface area contributed by atoms with E-state index in [9.17, 15) is 22.8 Å². The van der Waals surface area contributed by atoms with Gasteiger partial charge in [-0.3, -0.25) is 14.4 Å². The Morgan fingerprint density at radius 2 is 1.89 bits per heavy atom. The number of nitrogens with one attached hydrogen (secondary N) is 2. The molecule has 0 saturated carbocycles. The molecule has 1 aliphatic rings. The molecule has 0 bridgehead atoms. The molecule has 3 aromatic rings. The predicted octanol–water partition coefficient (Wildman–Crippen LogP) is 2.90. The summed E-state index contributed by atoms with van der Waals surface area (Å²) in [6, 6.07) is 11.6. The topological polar surface area (TPSA) is 139 Å². The molecule has 202 valence electrons. The van der Waals surface area contributed by atoms with Crippen molar-refractivity contribution >= 4 is 38.6 Å². The first-order valence-corrected chi connectivity index (χ1v) is 13.9. The molecule has 2 N–H and O–H groups in total. The van der Waals surface area contributed by atoms with Crippen LogP contribution in [0, 0.1) is 5.41 Å². The maximum atomic E-state index is 13.3. The molecule has 1 aromatic carbocycles. The van der Waals surface area contributed by atoms with Crippen molar-refractivity contribution in [2.45, 2.75) is 57.1 Å². The number of nitrogens with zero attached hydrogens (tertiary/aromatic N) is 2. The van der Waals surface area contributed by atoms with Gasteiger partial charge in [0.15, 0.2) is 16.6 Å². The number of amides is 2. The number of rotatable bonds is 7.